The number of thiazole rings is 1. The van der Waals surface area contributed by atoms with Gasteiger partial charge in [-0.2, -0.15) is 13.2 Å². The molecule has 1 N–H and O–H groups in total. The maximum atomic E-state index is 13.7. The lowest BCUT2D eigenvalue weighted by Gasteiger charge is -2.22. The van der Waals surface area contributed by atoms with Crippen LogP contribution in [0, 0.1) is 6.92 Å². The van der Waals surface area contributed by atoms with E-state index in [1.165, 1.54) is 6.92 Å². The van der Waals surface area contributed by atoms with Gasteiger partial charge >= 0.3 is 6.18 Å². The second-order valence-electron chi connectivity index (χ2n) is 9.25. The molecule has 0 aromatic carbocycles. The van der Waals surface area contributed by atoms with Crippen LogP contribution in [0.1, 0.15) is 53.7 Å². The van der Waals surface area contributed by atoms with Gasteiger partial charge in [0.15, 0.2) is 16.6 Å². The Balaban J connectivity index is 1.49. The molecule has 0 radical (unpaired) electrons. The van der Waals surface area contributed by atoms with Crippen molar-refractivity contribution in [2.75, 3.05) is 5.32 Å². The minimum Gasteiger partial charge on any atom is -0.333 e. The van der Waals surface area contributed by atoms with Gasteiger partial charge in [-0.1, -0.05) is 0 Å². The highest BCUT2D eigenvalue weighted by atomic mass is 32.1. The average Bonchev–Trinajstić information content (AvgIpc) is 3.70. The number of rotatable bonds is 6. The molecule has 12 heteroatoms. The van der Waals surface area contributed by atoms with Crippen LogP contribution in [0.3, 0.4) is 0 Å². The van der Waals surface area contributed by atoms with Gasteiger partial charge in [-0.05, 0) is 45.6 Å². The number of nitrogens with zero attached hydrogens (tertiary/aromatic N) is 6. The zero-order chi connectivity index (χ0) is 24.6. The molecule has 2 saturated carbocycles. The van der Waals surface area contributed by atoms with Crippen LogP contribution in [0.25, 0.3) is 22.1 Å². The fourth-order valence-electron chi connectivity index (χ4n) is 4.78. The fraction of sp³-hybridized carbons (Fsp3) is 0.478. The first kappa shape index (κ1) is 22.3. The third kappa shape index (κ3) is 3.65. The lowest BCUT2D eigenvalue weighted by Crippen LogP contribution is -2.36. The Morgan fingerprint density at radius 3 is 2.49 bits per heavy atom. The molecule has 0 saturated heterocycles. The molecule has 8 nitrogen and oxygen atoms in total. The molecule has 0 aliphatic heterocycles. The number of aromatic nitrogens is 5. The molecule has 6 rings (SSSR count). The predicted molar refractivity (Wildman–Crippen MR) is 127 cm³/mol. The largest absolute Gasteiger partial charge is 0.434 e. The first-order valence-electron chi connectivity index (χ1n) is 11.7. The predicted octanol–water partition coefficient (Wildman–Crippen LogP) is 5.24. The number of hydrogen-bond donors (Lipinski definition) is 1. The number of anilines is 2. The summed E-state index contributed by atoms with van der Waals surface area (Å²) in [4.78, 5) is 28.7. The molecule has 4 aromatic heterocycles. The van der Waals surface area contributed by atoms with Gasteiger partial charge in [0.05, 0.1) is 11.8 Å². The van der Waals surface area contributed by atoms with Crippen LogP contribution < -0.4 is 5.32 Å². The summed E-state index contributed by atoms with van der Waals surface area (Å²) in [6.45, 7) is 3.87. The topological polar surface area (TPSA) is 80.9 Å². The lowest BCUT2D eigenvalue weighted by molar-refractivity contribution is -0.141. The van der Waals surface area contributed by atoms with E-state index in [0.717, 1.165) is 47.9 Å². The van der Waals surface area contributed by atoms with E-state index in [4.69, 9.17) is 4.98 Å². The van der Waals surface area contributed by atoms with Crippen molar-refractivity contribution >= 4 is 50.3 Å². The van der Waals surface area contributed by atoms with Crippen LogP contribution in [0.15, 0.2) is 12.4 Å². The van der Waals surface area contributed by atoms with Crippen molar-refractivity contribution < 1.29 is 18.0 Å². The van der Waals surface area contributed by atoms with Crippen LogP contribution in [0.4, 0.5) is 24.1 Å². The van der Waals surface area contributed by atoms with E-state index < -0.39 is 11.9 Å². The molecule has 4 heterocycles. The first-order valence-corrected chi connectivity index (χ1v) is 12.5. The van der Waals surface area contributed by atoms with E-state index in [9.17, 15) is 18.0 Å². The third-order valence-corrected chi connectivity index (χ3v) is 7.53. The number of pyridine rings is 1. The SMILES string of the molecule is CCn1c(C(=O)N(C2CC2)C2CC2)cc2c3c(ncn3C)c(Nc3nc(C(F)(F)F)c(C)s3)nc21. The van der Waals surface area contributed by atoms with E-state index in [0.29, 0.717) is 41.3 Å². The van der Waals surface area contributed by atoms with Gasteiger partial charge in [0.2, 0.25) is 0 Å². The molecule has 184 valence electrons. The minimum atomic E-state index is -4.53. The zero-order valence-corrected chi connectivity index (χ0v) is 20.3. The number of carbonyl (C=O) groups excluding carboxylic acids is 1. The quantitative estimate of drug-likeness (QED) is 0.389. The summed E-state index contributed by atoms with van der Waals surface area (Å²) in [5.74, 6) is 0.327. The maximum absolute atomic E-state index is 13.7. The smallest absolute Gasteiger partial charge is 0.333 e. The molecule has 0 atom stereocenters. The van der Waals surface area contributed by atoms with E-state index in [2.05, 4.69) is 15.3 Å². The zero-order valence-electron chi connectivity index (χ0n) is 19.5. The van der Waals surface area contributed by atoms with Crippen molar-refractivity contribution in [1.29, 1.82) is 0 Å². The number of alkyl halides is 3. The summed E-state index contributed by atoms with van der Waals surface area (Å²) in [6, 6.07) is 2.52. The number of imidazole rings is 1. The van der Waals surface area contributed by atoms with Crippen molar-refractivity contribution in [3.63, 3.8) is 0 Å². The van der Waals surface area contributed by atoms with E-state index in [1.54, 1.807) is 6.33 Å². The first-order chi connectivity index (χ1) is 16.7. The van der Waals surface area contributed by atoms with Crippen LogP contribution in [-0.2, 0) is 19.8 Å². The fourth-order valence-corrected chi connectivity index (χ4v) is 5.61. The number of carbonyl (C=O) groups is 1. The number of halogens is 3. The molecule has 4 aromatic rings. The van der Waals surface area contributed by atoms with Crippen LogP contribution >= 0.6 is 11.3 Å². The van der Waals surface area contributed by atoms with E-state index >= 15 is 0 Å². The summed E-state index contributed by atoms with van der Waals surface area (Å²) < 4.78 is 43.6. The van der Waals surface area contributed by atoms with Gasteiger partial charge in [-0.25, -0.2) is 15.0 Å². The molecule has 35 heavy (non-hydrogen) atoms. The second-order valence-corrected chi connectivity index (χ2v) is 10.4. The highest BCUT2D eigenvalue weighted by molar-refractivity contribution is 7.15. The normalized spacial score (nSPS) is 16.4. The summed E-state index contributed by atoms with van der Waals surface area (Å²) >= 11 is 0.917. The Hall–Kier alpha value is -3.15. The third-order valence-electron chi connectivity index (χ3n) is 6.64. The molecular formula is C23H24F3N7OS. The lowest BCUT2D eigenvalue weighted by atomic mass is 10.2. The highest BCUT2D eigenvalue weighted by Gasteiger charge is 2.43. The number of fused-ring (bicyclic) bond motifs is 3. The summed E-state index contributed by atoms with van der Waals surface area (Å²) in [5, 5.41) is 3.84. The summed E-state index contributed by atoms with van der Waals surface area (Å²) in [6.07, 6.45) is 1.27. The average molecular weight is 504 g/mol. The molecule has 1 amide bonds. The van der Waals surface area contributed by atoms with Gasteiger partial charge in [-0.3, -0.25) is 4.79 Å². The maximum Gasteiger partial charge on any atom is 0.434 e. The summed E-state index contributed by atoms with van der Waals surface area (Å²) in [5.41, 5.74) is 1.53. The highest BCUT2D eigenvalue weighted by Crippen LogP contribution is 2.40. The Bertz CT molecular complexity index is 1460. The van der Waals surface area contributed by atoms with Gasteiger partial charge in [0.1, 0.15) is 16.9 Å². The van der Waals surface area contributed by atoms with Gasteiger partial charge < -0.3 is 19.4 Å². The van der Waals surface area contributed by atoms with Crippen molar-refractivity contribution in [2.45, 2.75) is 64.3 Å². The standard InChI is InChI=1S/C23H24F3N7OS/c1-4-32-15(21(34)33(12-5-6-12)13-7-8-13)9-14-17-16(27-10-31(17)3)19(29-20(14)32)30-22-28-18(11(2)35-22)23(24,25)26/h9-10,12-13H,4-8H2,1-3H3,(H,28,29,30). The van der Waals surface area contributed by atoms with Gasteiger partial charge in [0, 0.05) is 35.9 Å². The molecule has 0 spiro atoms. The Morgan fingerprint density at radius 2 is 1.91 bits per heavy atom. The van der Waals surface area contributed by atoms with E-state index in [-0.39, 0.29) is 15.9 Å². The van der Waals surface area contributed by atoms with Crippen molar-refractivity contribution in [3.05, 3.63) is 28.7 Å². The number of amides is 1. The van der Waals surface area contributed by atoms with Crippen molar-refractivity contribution in [2.24, 2.45) is 7.05 Å². The molecule has 2 aliphatic rings. The molecule has 0 unspecified atom stereocenters. The molecular weight excluding hydrogens is 479 g/mol. The van der Waals surface area contributed by atoms with Crippen molar-refractivity contribution in [1.82, 2.24) is 29.0 Å². The van der Waals surface area contributed by atoms with Gasteiger partial charge in [-0.15, -0.1) is 11.3 Å². The van der Waals surface area contributed by atoms with E-state index in [1.807, 2.05) is 34.1 Å². The Labute approximate surface area is 202 Å². The minimum absolute atomic E-state index is 0.0186. The molecule has 2 fully saturated rings. The van der Waals surface area contributed by atoms with Crippen LogP contribution in [0.5, 0.6) is 0 Å². The van der Waals surface area contributed by atoms with Crippen LogP contribution in [0.2, 0.25) is 0 Å². The van der Waals surface area contributed by atoms with Crippen molar-refractivity contribution in [3.8, 4) is 0 Å². The number of nitrogens with one attached hydrogen (secondary N) is 1. The van der Waals surface area contributed by atoms with Crippen LogP contribution in [-0.4, -0.2) is 47.0 Å². The van der Waals surface area contributed by atoms with Gasteiger partial charge in [0.25, 0.3) is 5.91 Å². The second kappa shape index (κ2) is 7.67. The monoisotopic (exact) mass is 503 g/mol. The molecule has 2 aliphatic carbocycles. The Morgan fingerprint density at radius 1 is 1.23 bits per heavy atom. The summed E-state index contributed by atoms with van der Waals surface area (Å²) in [7, 11) is 1.85. The number of aryl methyl sites for hydroxylation is 3. The molecule has 0 bridgehead atoms. The Kier molecular flexibility index (Phi) is 4.89. The number of hydrogen-bond acceptors (Lipinski definition) is 6.